The van der Waals surface area contributed by atoms with E-state index in [1.54, 1.807) is 0 Å². The second-order valence-electron chi connectivity index (χ2n) is 16.2. The quantitative estimate of drug-likeness (QED) is 0.0268. The van der Waals surface area contributed by atoms with E-state index in [0.717, 1.165) is 64.2 Å². The summed E-state index contributed by atoms with van der Waals surface area (Å²) in [6.07, 6.45) is 36.0. The van der Waals surface area contributed by atoms with E-state index in [4.69, 9.17) is 9.47 Å². The van der Waals surface area contributed by atoms with Crippen LogP contribution in [0, 0.1) is 0 Å². The van der Waals surface area contributed by atoms with Gasteiger partial charge in [0, 0.05) is 6.42 Å². The number of carbonyl (C=O) groups is 1. The van der Waals surface area contributed by atoms with Gasteiger partial charge in [-0.2, -0.15) is 0 Å². The van der Waals surface area contributed by atoms with Crippen LogP contribution in [-0.2, 0) is 14.3 Å². The van der Waals surface area contributed by atoms with E-state index in [-0.39, 0.29) is 12.5 Å². The van der Waals surface area contributed by atoms with Gasteiger partial charge in [-0.1, -0.05) is 179 Å². The molecule has 1 saturated heterocycles. The summed E-state index contributed by atoms with van der Waals surface area (Å²) in [5.74, 6) is -0.158. The van der Waals surface area contributed by atoms with Gasteiger partial charge < -0.3 is 40.3 Å². The summed E-state index contributed by atoms with van der Waals surface area (Å²) in [5.41, 5.74) is 0. The molecule has 1 aliphatic rings. The smallest absolute Gasteiger partial charge is 0.220 e. The number of carbonyl (C=O) groups excluding carboxylic acids is 1. The molecular formula is C46H87NO8. The standard InChI is InChI=1S/C46H87NO8/c1-3-5-7-9-11-13-15-17-19-21-23-25-27-29-31-33-35-40(49)39(38-54-46-45(53)44(52)43(51)41(37-48)55-46)47-42(50)36-34-32-30-28-26-24-22-20-18-16-14-12-10-8-6-4-2/h14,16,20,22,39-41,43-46,48-49,51-53H,3-13,15,17-19,21,23-38H2,1-2H3,(H,47,50)/b16-14-,22-20-. The van der Waals surface area contributed by atoms with Crippen LogP contribution in [0.15, 0.2) is 24.3 Å². The third-order valence-electron chi connectivity index (χ3n) is 11.1. The number of hydrogen-bond donors (Lipinski definition) is 6. The predicted octanol–water partition coefficient (Wildman–Crippen LogP) is 9.50. The van der Waals surface area contributed by atoms with Crippen molar-refractivity contribution >= 4 is 5.91 Å². The lowest BCUT2D eigenvalue weighted by Crippen LogP contribution is -2.60. The van der Waals surface area contributed by atoms with E-state index in [9.17, 15) is 30.3 Å². The zero-order valence-electron chi connectivity index (χ0n) is 35.4. The minimum Gasteiger partial charge on any atom is -0.394 e. The normalized spacial score (nSPS) is 21.5. The summed E-state index contributed by atoms with van der Waals surface area (Å²) < 4.78 is 11.2. The second-order valence-corrected chi connectivity index (χ2v) is 16.2. The molecule has 7 atom stereocenters. The van der Waals surface area contributed by atoms with Gasteiger partial charge in [0.2, 0.25) is 5.91 Å². The summed E-state index contributed by atoms with van der Waals surface area (Å²) in [6, 6.07) is -0.723. The van der Waals surface area contributed by atoms with Crippen molar-refractivity contribution in [1.29, 1.82) is 0 Å². The summed E-state index contributed by atoms with van der Waals surface area (Å²) in [6.45, 7) is 3.81. The number of nitrogens with one attached hydrogen (secondary N) is 1. The summed E-state index contributed by atoms with van der Waals surface area (Å²) in [7, 11) is 0. The second kappa shape index (κ2) is 37.0. The van der Waals surface area contributed by atoms with E-state index in [1.807, 2.05) is 0 Å². The Bertz CT molecular complexity index is 914. The lowest BCUT2D eigenvalue weighted by atomic mass is 9.99. The fourth-order valence-corrected chi connectivity index (χ4v) is 7.31. The highest BCUT2D eigenvalue weighted by Gasteiger charge is 2.44. The van der Waals surface area contributed by atoms with Gasteiger partial charge in [0.15, 0.2) is 6.29 Å². The number of allylic oxidation sites excluding steroid dienone is 4. The first-order chi connectivity index (χ1) is 26.8. The molecule has 0 aromatic heterocycles. The molecule has 0 aliphatic carbocycles. The maximum Gasteiger partial charge on any atom is 0.220 e. The summed E-state index contributed by atoms with van der Waals surface area (Å²) in [4.78, 5) is 13.0. The predicted molar refractivity (Wildman–Crippen MR) is 226 cm³/mol. The lowest BCUT2D eigenvalue weighted by Gasteiger charge is -2.40. The number of hydrogen-bond acceptors (Lipinski definition) is 8. The first kappa shape index (κ1) is 51.7. The number of ether oxygens (including phenoxy) is 2. The van der Waals surface area contributed by atoms with E-state index in [0.29, 0.717) is 12.8 Å². The van der Waals surface area contributed by atoms with Gasteiger partial charge in [-0.05, 0) is 44.9 Å². The Morgan fingerprint density at radius 2 is 1.07 bits per heavy atom. The molecule has 0 aromatic carbocycles. The van der Waals surface area contributed by atoms with Crippen LogP contribution >= 0.6 is 0 Å². The van der Waals surface area contributed by atoms with Crippen molar-refractivity contribution in [1.82, 2.24) is 5.32 Å². The molecule has 55 heavy (non-hydrogen) atoms. The fourth-order valence-electron chi connectivity index (χ4n) is 7.31. The van der Waals surface area contributed by atoms with Gasteiger partial charge in [-0.3, -0.25) is 4.79 Å². The van der Waals surface area contributed by atoms with Gasteiger partial charge in [0.05, 0.1) is 25.4 Å². The third kappa shape index (κ3) is 27.9. The molecule has 6 N–H and O–H groups in total. The Morgan fingerprint density at radius 3 is 1.58 bits per heavy atom. The molecule has 324 valence electrons. The Morgan fingerprint density at radius 1 is 0.618 bits per heavy atom. The minimum atomic E-state index is -1.55. The van der Waals surface area contributed by atoms with Gasteiger partial charge in [0.1, 0.15) is 24.4 Å². The molecule has 1 aliphatic heterocycles. The molecule has 0 radical (unpaired) electrons. The minimum absolute atomic E-state index is 0.142. The number of amides is 1. The average molecular weight is 782 g/mol. The maximum absolute atomic E-state index is 13.0. The molecule has 9 nitrogen and oxygen atoms in total. The van der Waals surface area contributed by atoms with Crippen molar-refractivity contribution in [3.05, 3.63) is 24.3 Å². The Balaban J connectivity index is 2.35. The van der Waals surface area contributed by atoms with Crippen molar-refractivity contribution < 1.29 is 39.8 Å². The van der Waals surface area contributed by atoms with Crippen LogP contribution in [0.25, 0.3) is 0 Å². The van der Waals surface area contributed by atoms with Gasteiger partial charge in [-0.15, -0.1) is 0 Å². The topological polar surface area (TPSA) is 149 Å². The lowest BCUT2D eigenvalue weighted by molar-refractivity contribution is -0.302. The molecule has 0 spiro atoms. The van der Waals surface area contributed by atoms with E-state index in [2.05, 4.69) is 43.5 Å². The number of rotatable bonds is 38. The maximum atomic E-state index is 13.0. The average Bonchev–Trinajstić information content (AvgIpc) is 3.18. The van der Waals surface area contributed by atoms with E-state index < -0.39 is 49.5 Å². The zero-order valence-corrected chi connectivity index (χ0v) is 35.4. The zero-order chi connectivity index (χ0) is 40.2. The first-order valence-corrected chi connectivity index (χ1v) is 23.0. The third-order valence-corrected chi connectivity index (χ3v) is 11.1. The number of unbranched alkanes of at least 4 members (excludes halogenated alkanes) is 24. The largest absolute Gasteiger partial charge is 0.394 e. The molecule has 0 saturated carbocycles. The molecule has 1 fully saturated rings. The Labute approximate surface area is 337 Å². The highest BCUT2D eigenvalue weighted by molar-refractivity contribution is 5.76. The molecule has 0 bridgehead atoms. The molecule has 7 unspecified atom stereocenters. The van der Waals surface area contributed by atoms with Gasteiger partial charge in [-0.25, -0.2) is 0 Å². The van der Waals surface area contributed by atoms with Crippen molar-refractivity contribution in [2.45, 2.75) is 249 Å². The highest BCUT2D eigenvalue weighted by atomic mass is 16.7. The SMILES string of the molecule is CCCCCC/C=C\C/C=C\CCCCCCCC(=O)NC(COC1OC(CO)C(O)C(O)C1O)C(O)CCCCCCCCCCCCCCCCCC. The molecule has 1 rings (SSSR count). The van der Waals surface area contributed by atoms with Crippen LogP contribution < -0.4 is 5.32 Å². The van der Waals surface area contributed by atoms with Crippen molar-refractivity contribution in [3.8, 4) is 0 Å². The molecule has 1 heterocycles. The summed E-state index contributed by atoms with van der Waals surface area (Å²) >= 11 is 0. The molecule has 9 heteroatoms. The van der Waals surface area contributed by atoms with Crippen LogP contribution in [0.3, 0.4) is 0 Å². The fraction of sp³-hybridized carbons (Fsp3) is 0.891. The van der Waals surface area contributed by atoms with Gasteiger partial charge >= 0.3 is 0 Å². The van der Waals surface area contributed by atoms with Crippen LogP contribution in [0.2, 0.25) is 0 Å². The molecular weight excluding hydrogens is 695 g/mol. The monoisotopic (exact) mass is 782 g/mol. The first-order valence-electron chi connectivity index (χ1n) is 23.0. The van der Waals surface area contributed by atoms with Crippen molar-refractivity contribution in [2.75, 3.05) is 13.2 Å². The molecule has 1 amide bonds. The van der Waals surface area contributed by atoms with Crippen LogP contribution in [-0.4, -0.2) is 87.5 Å². The Kier molecular flexibility index (Phi) is 34.7. The van der Waals surface area contributed by atoms with E-state index in [1.165, 1.54) is 116 Å². The van der Waals surface area contributed by atoms with Crippen LogP contribution in [0.1, 0.15) is 206 Å². The van der Waals surface area contributed by atoms with Crippen LogP contribution in [0.4, 0.5) is 0 Å². The number of aliphatic hydroxyl groups is 5. The molecule has 0 aromatic rings. The summed E-state index contributed by atoms with van der Waals surface area (Å²) in [5, 5.41) is 54.3. The number of aliphatic hydroxyl groups excluding tert-OH is 5. The van der Waals surface area contributed by atoms with Crippen LogP contribution in [0.5, 0.6) is 0 Å². The van der Waals surface area contributed by atoms with Crippen molar-refractivity contribution in [3.63, 3.8) is 0 Å². The Hall–Kier alpha value is -1.33. The highest BCUT2D eigenvalue weighted by Crippen LogP contribution is 2.23. The van der Waals surface area contributed by atoms with Gasteiger partial charge in [0.25, 0.3) is 0 Å². The van der Waals surface area contributed by atoms with E-state index >= 15 is 0 Å². The van der Waals surface area contributed by atoms with Crippen molar-refractivity contribution in [2.24, 2.45) is 0 Å².